The van der Waals surface area contributed by atoms with Gasteiger partial charge in [0.2, 0.25) is 10.0 Å². The highest BCUT2D eigenvalue weighted by atomic mass is 79.9. The minimum Gasteiger partial charge on any atom is -0.496 e. The number of sulfonamides is 1. The Labute approximate surface area is 121 Å². The number of piperidine rings is 1. The largest absolute Gasteiger partial charge is 0.496 e. The van der Waals surface area contributed by atoms with Gasteiger partial charge in [-0.15, -0.1) is 0 Å². The first kappa shape index (κ1) is 14.6. The van der Waals surface area contributed by atoms with Crippen LogP contribution in [0.2, 0.25) is 0 Å². The molecule has 0 saturated carbocycles. The Balaban J connectivity index is 2.13. The fraction of sp³-hybridized carbons (Fsp3) is 0.500. The van der Waals surface area contributed by atoms with Gasteiger partial charge < -0.3 is 10.1 Å². The fourth-order valence-electron chi connectivity index (χ4n) is 2.08. The normalized spacial score (nSPS) is 17.2. The van der Waals surface area contributed by atoms with Crippen molar-refractivity contribution in [2.24, 2.45) is 0 Å². The summed E-state index contributed by atoms with van der Waals surface area (Å²) in [5, 5.41) is 2.83. The summed E-state index contributed by atoms with van der Waals surface area (Å²) in [7, 11) is -1.76. The van der Waals surface area contributed by atoms with Crippen molar-refractivity contribution in [2.75, 3.05) is 24.9 Å². The highest BCUT2D eigenvalue weighted by Crippen LogP contribution is 2.28. The van der Waals surface area contributed by atoms with Crippen LogP contribution >= 0.6 is 15.9 Å². The maximum absolute atomic E-state index is 12.2. The van der Waals surface area contributed by atoms with E-state index in [2.05, 4.69) is 26.0 Å². The molecule has 1 saturated heterocycles. The molecule has 0 bridgehead atoms. The van der Waals surface area contributed by atoms with Crippen molar-refractivity contribution < 1.29 is 13.2 Å². The first-order valence-electron chi connectivity index (χ1n) is 6.09. The number of methoxy groups -OCH3 is 1. The molecule has 106 valence electrons. The van der Waals surface area contributed by atoms with Gasteiger partial charge in [-0.05, 0) is 60.1 Å². The average molecular weight is 349 g/mol. The second-order valence-corrected chi connectivity index (χ2v) is 7.26. The van der Waals surface area contributed by atoms with Gasteiger partial charge in [0.1, 0.15) is 5.75 Å². The van der Waals surface area contributed by atoms with Crippen molar-refractivity contribution in [3.8, 4) is 5.75 Å². The second-order valence-electron chi connectivity index (χ2n) is 4.45. The molecule has 0 spiro atoms. The van der Waals surface area contributed by atoms with E-state index in [1.54, 1.807) is 25.3 Å². The minimum atomic E-state index is -3.32. The van der Waals surface area contributed by atoms with Crippen LogP contribution < -0.4 is 14.8 Å². The lowest BCUT2D eigenvalue weighted by atomic mass is 10.2. The fourth-order valence-corrected chi connectivity index (χ4v) is 4.10. The molecule has 0 atom stereocenters. The van der Waals surface area contributed by atoms with Gasteiger partial charge in [0, 0.05) is 5.69 Å². The standard InChI is InChI=1S/C12H17BrN2O3S/c1-18-12-3-2-9(8-11(12)13)15-19(16,17)10-4-6-14-7-5-10/h2-3,8,10,14-15H,4-7H2,1H3. The topological polar surface area (TPSA) is 67.4 Å². The maximum atomic E-state index is 12.2. The molecule has 0 radical (unpaired) electrons. The summed E-state index contributed by atoms with van der Waals surface area (Å²) in [6.07, 6.45) is 1.29. The van der Waals surface area contributed by atoms with Crippen molar-refractivity contribution in [1.82, 2.24) is 5.32 Å². The summed E-state index contributed by atoms with van der Waals surface area (Å²) in [5.74, 6) is 0.671. The second kappa shape index (κ2) is 6.11. The number of nitrogens with one attached hydrogen (secondary N) is 2. The van der Waals surface area contributed by atoms with Crippen LogP contribution in [0.25, 0.3) is 0 Å². The van der Waals surface area contributed by atoms with Crippen molar-refractivity contribution >= 4 is 31.6 Å². The maximum Gasteiger partial charge on any atom is 0.235 e. The summed E-state index contributed by atoms with van der Waals surface area (Å²) in [5.41, 5.74) is 0.547. The lowest BCUT2D eigenvalue weighted by molar-refractivity contribution is 0.412. The Morgan fingerprint density at radius 1 is 1.37 bits per heavy atom. The molecule has 1 aromatic carbocycles. The average Bonchev–Trinajstić information content (AvgIpc) is 2.39. The SMILES string of the molecule is COc1ccc(NS(=O)(=O)C2CCNCC2)cc1Br. The lowest BCUT2D eigenvalue weighted by Gasteiger charge is -2.23. The van der Waals surface area contributed by atoms with Gasteiger partial charge in [-0.2, -0.15) is 0 Å². The van der Waals surface area contributed by atoms with Crippen LogP contribution in [-0.4, -0.2) is 33.9 Å². The molecule has 0 aliphatic carbocycles. The van der Waals surface area contributed by atoms with Crippen molar-refractivity contribution in [3.05, 3.63) is 22.7 Å². The summed E-state index contributed by atoms with van der Waals surface area (Å²) in [6.45, 7) is 1.50. The summed E-state index contributed by atoms with van der Waals surface area (Å²) in [6, 6.07) is 5.13. The molecule has 1 aromatic rings. The van der Waals surface area contributed by atoms with Crippen LogP contribution in [0.15, 0.2) is 22.7 Å². The zero-order valence-corrected chi connectivity index (χ0v) is 13.1. The van der Waals surface area contributed by atoms with E-state index >= 15 is 0 Å². The Hall–Kier alpha value is -0.790. The first-order chi connectivity index (χ1) is 9.03. The van der Waals surface area contributed by atoms with Crippen LogP contribution in [-0.2, 0) is 10.0 Å². The molecular weight excluding hydrogens is 332 g/mol. The van der Waals surface area contributed by atoms with Gasteiger partial charge in [-0.1, -0.05) is 0 Å². The summed E-state index contributed by atoms with van der Waals surface area (Å²) >= 11 is 3.34. The van der Waals surface area contributed by atoms with Gasteiger partial charge in [0.05, 0.1) is 16.8 Å². The van der Waals surface area contributed by atoms with Crippen LogP contribution in [0.4, 0.5) is 5.69 Å². The van der Waals surface area contributed by atoms with E-state index < -0.39 is 10.0 Å². The highest BCUT2D eigenvalue weighted by molar-refractivity contribution is 9.10. The number of rotatable bonds is 4. The third kappa shape index (κ3) is 3.61. The number of ether oxygens (including phenoxy) is 1. The van der Waals surface area contributed by atoms with E-state index in [1.165, 1.54) is 0 Å². The molecule has 0 aromatic heterocycles. The molecule has 2 rings (SSSR count). The third-order valence-corrected chi connectivity index (χ3v) is 5.63. The number of anilines is 1. The Bertz CT molecular complexity index is 542. The molecule has 2 N–H and O–H groups in total. The van der Waals surface area contributed by atoms with Gasteiger partial charge in [0.25, 0.3) is 0 Å². The van der Waals surface area contributed by atoms with E-state index in [4.69, 9.17) is 4.74 Å². The first-order valence-corrected chi connectivity index (χ1v) is 8.43. The minimum absolute atomic E-state index is 0.324. The highest BCUT2D eigenvalue weighted by Gasteiger charge is 2.27. The molecule has 19 heavy (non-hydrogen) atoms. The zero-order valence-electron chi connectivity index (χ0n) is 10.6. The summed E-state index contributed by atoms with van der Waals surface area (Å²) < 4.78 is 32.9. The van der Waals surface area contributed by atoms with Crippen LogP contribution in [0, 0.1) is 0 Å². The molecule has 1 aliphatic rings. The Kier molecular flexibility index (Phi) is 4.70. The predicted octanol–water partition coefficient (Wildman–Crippen LogP) is 1.95. The number of halogens is 1. The number of benzene rings is 1. The predicted molar refractivity (Wildman–Crippen MR) is 79.1 cm³/mol. The van der Waals surface area contributed by atoms with Crippen molar-refractivity contribution in [1.29, 1.82) is 0 Å². The van der Waals surface area contributed by atoms with Crippen LogP contribution in [0.1, 0.15) is 12.8 Å². The lowest BCUT2D eigenvalue weighted by Crippen LogP contribution is -2.38. The number of hydrogen-bond acceptors (Lipinski definition) is 4. The monoisotopic (exact) mass is 348 g/mol. The molecule has 7 heteroatoms. The van der Waals surface area contributed by atoms with E-state index in [-0.39, 0.29) is 5.25 Å². The van der Waals surface area contributed by atoms with Crippen LogP contribution in [0.3, 0.4) is 0 Å². The van der Waals surface area contributed by atoms with E-state index in [9.17, 15) is 8.42 Å². The van der Waals surface area contributed by atoms with Crippen molar-refractivity contribution in [3.63, 3.8) is 0 Å². The summed E-state index contributed by atoms with van der Waals surface area (Å²) in [4.78, 5) is 0. The van der Waals surface area contributed by atoms with Crippen molar-refractivity contribution in [2.45, 2.75) is 18.1 Å². The molecule has 5 nitrogen and oxygen atoms in total. The third-order valence-electron chi connectivity index (χ3n) is 3.14. The van der Waals surface area contributed by atoms with Crippen LogP contribution in [0.5, 0.6) is 5.75 Å². The molecule has 1 fully saturated rings. The van der Waals surface area contributed by atoms with Gasteiger partial charge >= 0.3 is 0 Å². The Morgan fingerprint density at radius 3 is 2.63 bits per heavy atom. The molecule has 1 heterocycles. The van der Waals surface area contributed by atoms with Gasteiger partial charge in [0.15, 0.2) is 0 Å². The molecule has 1 aliphatic heterocycles. The van der Waals surface area contributed by atoms with E-state index in [0.29, 0.717) is 24.3 Å². The molecular formula is C12H17BrN2O3S. The quantitative estimate of drug-likeness (QED) is 0.872. The molecule has 0 unspecified atom stereocenters. The number of hydrogen-bond donors (Lipinski definition) is 2. The Morgan fingerprint density at radius 2 is 2.05 bits per heavy atom. The van der Waals surface area contributed by atoms with Gasteiger partial charge in [-0.3, -0.25) is 4.72 Å². The molecule has 0 amide bonds. The van der Waals surface area contributed by atoms with E-state index in [1.807, 2.05) is 0 Å². The zero-order chi connectivity index (χ0) is 13.9. The van der Waals surface area contributed by atoms with E-state index in [0.717, 1.165) is 17.6 Å². The van der Waals surface area contributed by atoms with Gasteiger partial charge in [-0.25, -0.2) is 8.42 Å². The smallest absolute Gasteiger partial charge is 0.235 e.